The van der Waals surface area contributed by atoms with Crippen LogP contribution in [-0.4, -0.2) is 63.6 Å². The quantitative estimate of drug-likeness (QED) is 0.489. The number of anilines is 3. The monoisotopic (exact) mass is 483 g/mol. The molecule has 0 saturated carbocycles. The van der Waals surface area contributed by atoms with Crippen LogP contribution in [0.3, 0.4) is 0 Å². The number of ether oxygens (including phenoxy) is 1. The Kier molecular flexibility index (Phi) is 6.73. The van der Waals surface area contributed by atoms with E-state index in [0.717, 1.165) is 31.5 Å². The number of piperidine rings is 1. The molecule has 178 valence electrons. The van der Waals surface area contributed by atoms with Crippen molar-refractivity contribution in [3.8, 4) is 11.3 Å². The van der Waals surface area contributed by atoms with Gasteiger partial charge < -0.3 is 25.4 Å². The lowest BCUT2D eigenvalue weighted by molar-refractivity contribution is -0.125. The molecule has 34 heavy (non-hydrogen) atoms. The fourth-order valence-corrected chi connectivity index (χ4v) is 4.47. The fraction of sp³-hybridized carbons (Fsp3) is 0.391. The largest absolute Gasteiger partial charge is 0.392 e. The fourth-order valence-electron chi connectivity index (χ4n) is 4.27. The third-order valence-corrected chi connectivity index (χ3v) is 6.38. The lowest BCUT2D eigenvalue weighted by Crippen LogP contribution is -2.41. The Morgan fingerprint density at radius 3 is 2.91 bits per heavy atom. The van der Waals surface area contributed by atoms with E-state index in [4.69, 9.17) is 16.3 Å². The highest BCUT2D eigenvalue weighted by atomic mass is 35.5. The van der Waals surface area contributed by atoms with Gasteiger partial charge in [0, 0.05) is 35.2 Å². The summed E-state index contributed by atoms with van der Waals surface area (Å²) in [5.74, 6) is 0.241. The molecule has 0 radical (unpaired) electrons. The number of carbonyl (C=O) groups excluding carboxylic acids is 1. The van der Waals surface area contributed by atoms with Crippen molar-refractivity contribution in [3.05, 3.63) is 47.4 Å². The molecule has 2 aromatic heterocycles. The third kappa shape index (κ3) is 4.76. The van der Waals surface area contributed by atoms with E-state index in [1.54, 1.807) is 29.4 Å². The molecule has 0 spiro atoms. The number of rotatable bonds is 6. The molecule has 3 aromatic rings. The van der Waals surface area contributed by atoms with Crippen LogP contribution in [0.4, 0.5) is 17.3 Å². The lowest BCUT2D eigenvalue weighted by Gasteiger charge is -2.27. The molecule has 2 aliphatic heterocycles. The molecule has 1 aromatic carbocycles. The van der Waals surface area contributed by atoms with Gasteiger partial charge in [0.25, 0.3) is 5.91 Å². The van der Waals surface area contributed by atoms with E-state index in [-0.39, 0.29) is 19.1 Å². The molecule has 10 nitrogen and oxygen atoms in total. The first kappa shape index (κ1) is 22.7. The zero-order chi connectivity index (χ0) is 23.5. The molecule has 1 amide bonds. The van der Waals surface area contributed by atoms with Gasteiger partial charge in [-0.2, -0.15) is 5.10 Å². The summed E-state index contributed by atoms with van der Waals surface area (Å²) in [4.78, 5) is 22.7. The minimum atomic E-state index is -0.210. The summed E-state index contributed by atoms with van der Waals surface area (Å²) in [7, 11) is 0. The number of aromatic nitrogens is 4. The van der Waals surface area contributed by atoms with Crippen molar-refractivity contribution in [2.45, 2.75) is 25.5 Å². The molecule has 5 rings (SSSR count). The minimum absolute atomic E-state index is 0.0596. The van der Waals surface area contributed by atoms with Crippen molar-refractivity contribution in [3.63, 3.8) is 0 Å². The molecule has 4 heterocycles. The summed E-state index contributed by atoms with van der Waals surface area (Å²) in [5.41, 5.74) is 3.38. The number of morpholine rings is 1. The third-order valence-electron chi connectivity index (χ3n) is 6.10. The summed E-state index contributed by atoms with van der Waals surface area (Å²) < 4.78 is 7.18. The van der Waals surface area contributed by atoms with Gasteiger partial charge in [-0.25, -0.2) is 9.97 Å². The number of nitrogens with one attached hydrogen (secondary N) is 2. The zero-order valence-corrected chi connectivity index (χ0v) is 19.3. The maximum absolute atomic E-state index is 12.2. The van der Waals surface area contributed by atoms with Crippen molar-refractivity contribution in [2.75, 3.05) is 43.1 Å². The van der Waals surface area contributed by atoms with Crippen LogP contribution in [0.25, 0.3) is 11.3 Å². The maximum atomic E-state index is 12.2. The van der Waals surface area contributed by atoms with Crippen molar-refractivity contribution < 1.29 is 14.6 Å². The van der Waals surface area contributed by atoms with Crippen molar-refractivity contribution >= 4 is 34.8 Å². The predicted octanol–water partition coefficient (Wildman–Crippen LogP) is 2.52. The highest BCUT2D eigenvalue weighted by Crippen LogP contribution is 2.30. The Labute approximate surface area is 201 Å². The molecular formula is C23H26ClN7O3. The minimum Gasteiger partial charge on any atom is -0.392 e. The highest BCUT2D eigenvalue weighted by Gasteiger charge is 2.21. The molecule has 11 heteroatoms. The first-order valence-corrected chi connectivity index (χ1v) is 11.7. The summed E-state index contributed by atoms with van der Waals surface area (Å²) >= 11 is 6.42. The molecule has 0 aliphatic carbocycles. The van der Waals surface area contributed by atoms with E-state index in [9.17, 15) is 9.90 Å². The summed E-state index contributed by atoms with van der Waals surface area (Å²) in [5, 5.41) is 21.4. The van der Waals surface area contributed by atoms with Crippen LogP contribution in [0.2, 0.25) is 5.02 Å². The standard InChI is InChI=1S/C23H26ClN7O3/c24-19-11-26-23(29-22(19)16-10-27-31(12-16)17-3-5-25-6-4-17)28-20-2-1-18(9-15(20)13-32)30-7-8-34-14-21(30)33/h1-2,9-12,17,25,32H,3-8,13-14H2,(H,26,28,29). The number of hydrogen-bond acceptors (Lipinski definition) is 8. The summed E-state index contributed by atoms with van der Waals surface area (Å²) in [6, 6.07) is 5.77. The molecule has 0 bridgehead atoms. The van der Waals surface area contributed by atoms with Crippen molar-refractivity contribution in [1.82, 2.24) is 25.1 Å². The van der Waals surface area contributed by atoms with Crippen molar-refractivity contribution in [2.24, 2.45) is 0 Å². The molecule has 0 unspecified atom stereocenters. The van der Waals surface area contributed by atoms with Crippen LogP contribution in [0.1, 0.15) is 24.4 Å². The first-order chi connectivity index (χ1) is 16.6. The first-order valence-electron chi connectivity index (χ1n) is 11.3. The molecule has 2 saturated heterocycles. The van der Waals surface area contributed by atoms with Crippen LogP contribution in [0.5, 0.6) is 0 Å². The van der Waals surface area contributed by atoms with Crippen LogP contribution in [0, 0.1) is 0 Å². The Morgan fingerprint density at radius 1 is 1.26 bits per heavy atom. The van der Waals surface area contributed by atoms with E-state index < -0.39 is 0 Å². The van der Waals surface area contributed by atoms with Gasteiger partial charge in [0.1, 0.15) is 6.61 Å². The molecule has 2 fully saturated rings. The van der Waals surface area contributed by atoms with Crippen molar-refractivity contribution in [1.29, 1.82) is 0 Å². The predicted molar refractivity (Wildman–Crippen MR) is 128 cm³/mol. The molecule has 0 atom stereocenters. The average Bonchev–Trinajstić information content (AvgIpc) is 3.36. The van der Waals surface area contributed by atoms with E-state index in [1.807, 2.05) is 16.9 Å². The number of aliphatic hydroxyl groups excluding tert-OH is 1. The van der Waals surface area contributed by atoms with Gasteiger partial charge in [0.15, 0.2) is 0 Å². The van der Waals surface area contributed by atoms with E-state index in [2.05, 4.69) is 25.7 Å². The normalized spacial score (nSPS) is 17.2. The topological polar surface area (TPSA) is 117 Å². The van der Waals surface area contributed by atoms with Gasteiger partial charge in [-0.15, -0.1) is 0 Å². The van der Waals surface area contributed by atoms with Gasteiger partial charge in [0.05, 0.1) is 42.4 Å². The number of hydrogen-bond donors (Lipinski definition) is 3. The second-order valence-electron chi connectivity index (χ2n) is 8.30. The second kappa shape index (κ2) is 10.1. The lowest BCUT2D eigenvalue weighted by atomic mass is 10.1. The van der Waals surface area contributed by atoms with Crippen LogP contribution < -0.4 is 15.5 Å². The summed E-state index contributed by atoms with van der Waals surface area (Å²) in [6.07, 6.45) is 7.35. The number of carbonyl (C=O) groups is 1. The number of amides is 1. The summed E-state index contributed by atoms with van der Waals surface area (Å²) in [6.45, 7) is 2.77. The van der Waals surface area contributed by atoms with Gasteiger partial charge in [0.2, 0.25) is 5.95 Å². The van der Waals surface area contributed by atoms with Crippen LogP contribution in [-0.2, 0) is 16.1 Å². The molecule has 3 N–H and O–H groups in total. The number of nitrogens with zero attached hydrogens (tertiary/aromatic N) is 5. The van der Waals surface area contributed by atoms with Crippen LogP contribution >= 0.6 is 11.6 Å². The SMILES string of the molecule is O=C1COCCN1c1ccc(Nc2ncc(Cl)c(-c3cnn(C4CCNCC4)c3)n2)c(CO)c1. The van der Waals surface area contributed by atoms with E-state index in [1.165, 1.54) is 0 Å². The van der Waals surface area contributed by atoms with Gasteiger partial charge in [-0.05, 0) is 44.1 Å². The Hall–Kier alpha value is -3.05. The highest BCUT2D eigenvalue weighted by molar-refractivity contribution is 6.32. The van der Waals surface area contributed by atoms with Gasteiger partial charge in [-0.3, -0.25) is 9.48 Å². The number of halogens is 1. The Bertz CT molecular complexity index is 1180. The zero-order valence-electron chi connectivity index (χ0n) is 18.6. The Morgan fingerprint density at radius 2 is 2.12 bits per heavy atom. The smallest absolute Gasteiger partial charge is 0.253 e. The van der Waals surface area contributed by atoms with Gasteiger partial charge in [-0.1, -0.05) is 11.6 Å². The van der Waals surface area contributed by atoms with Crippen LogP contribution in [0.15, 0.2) is 36.8 Å². The van der Waals surface area contributed by atoms with E-state index >= 15 is 0 Å². The number of benzene rings is 1. The maximum Gasteiger partial charge on any atom is 0.253 e. The molecular weight excluding hydrogens is 458 g/mol. The number of aliphatic hydroxyl groups is 1. The van der Waals surface area contributed by atoms with Gasteiger partial charge >= 0.3 is 0 Å². The second-order valence-corrected chi connectivity index (χ2v) is 8.71. The van der Waals surface area contributed by atoms with E-state index in [0.29, 0.717) is 52.8 Å². The average molecular weight is 484 g/mol. The molecule has 2 aliphatic rings. The Balaban J connectivity index is 1.37.